The molecule has 0 amide bonds. The molecule has 3 aromatic rings. The van der Waals surface area contributed by atoms with Gasteiger partial charge in [0, 0.05) is 36.7 Å². The van der Waals surface area contributed by atoms with Gasteiger partial charge in [-0.15, -0.1) is 0 Å². The van der Waals surface area contributed by atoms with Crippen molar-refractivity contribution in [3.63, 3.8) is 0 Å². The van der Waals surface area contributed by atoms with Crippen molar-refractivity contribution in [3.8, 4) is 0 Å². The summed E-state index contributed by atoms with van der Waals surface area (Å²) < 4.78 is 10.8. The molecule has 1 heterocycles. The third kappa shape index (κ3) is 5.22. The highest BCUT2D eigenvalue weighted by Crippen LogP contribution is 2.38. The topological polar surface area (TPSA) is 108 Å². The maximum Gasteiger partial charge on any atom is 0.336 e. The molecule has 0 spiro atoms. The number of carbonyl (C=O) groups is 2. The van der Waals surface area contributed by atoms with Gasteiger partial charge in [-0.05, 0) is 35.7 Å². The SMILES string of the molecule is CCOC(=O)C1=C(Cc2ccc([N+](=O)[O-])cc2)NC[C@@H](c2ccc3ccccc3c2)[C@@H]1C(=O)OCC. The number of nitro benzene ring substituents is 1. The van der Waals surface area contributed by atoms with E-state index in [2.05, 4.69) is 5.32 Å². The first-order valence-corrected chi connectivity index (χ1v) is 12.0. The van der Waals surface area contributed by atoms with Crippen LogP contribution in [0.3, 0.4) is 0 Å². The van der Waals surface area contributed by atoms with Crippen LogP contribution >= 0.6 is 0 Å². The quantitative estimate of drug-likeness (QED) is 0.279. The average Bonchev–Trinajstić information content (AvgIpc) is 2.88. The molecule has 8 nitrogen and oxygen atoms in total. The van der Waals surface area contributed by atoms with Crippen molar-refractivity contribution in [2.75, 3.05) is 19.8 Å². The van der Waals surface area contributed by atoms with Crippen molar-refractivity contribution in [2.45, 2.75) is 26.2 Å². The number of benzene rings is 3. The van der Waals surface area contributed by atoms with Crippen molar-refractivity contribution in [1.82, 2.24) is 5.32 Å². The Hall–Kier alpha value is -4.20. The van der Waals surface area contributed by atoms with E-state index in [-0.39, 0.29) is 36.8 Å². The van der Waals surface area contributed by atoms with Gasteiger partial charge in [0.2, 0.25) is 0 Å². The number of esters is 2. The number of hydrogen-bond acceptors (Lipinski definition) is 7. The Bertz CT molecular complexity index is 1320. The van der Waals surface area contributed by atoms with Crippen molar-refractivity contribution >= 4 is 28.4 Å². The van der Waals surface area contributed by atoms with Gasteiger partial charge in [-0.25, -0.2) is 4.79 Å². The number of carbonyl (C=O) groups excluding carboxylic acids is 2. The molecule has 0 saturated carbocycles. The Balaban J connectivity index is 1.78. The summed E-state index contributed by atoms with van der Waals surface area (Å²) in [6.07, 6.45) is 0.284. The van der Waals surface area contributed by atoms with E-state index in [0.29, 0.717) is 12.2 Å². The zero-order valence-electron chi connectivity index (χ0n) is 20.2. The second-order valence-corrected chi connectivity index (χ2v) is 8.54. The van der Waals surface area contributed by atoms with Crippen LogP contribution in [0, 0.1) is 16.0 Å². The number of fused-ring (bicyclic) bond motifs is 1. The van der Waals surface area contributed by atoms with Gasteiger partial charge in [0.05, 0.1) is 29.6 Å². The molecule has 0 radical (unpaired) electrons. The van der Waals surface area contributed by atoms with Gasteiger partial charge < -0.3 is 14.8 Å². The fourth-order valence-electron chi connectivity index (χ4n) is 4.65. The van der Waals surface area contributed by atoms with E-state index in [0.717, 1.165) is 21.9 Å². The van der Waals surface area contributed by atoms with Crippen LogP contribution in [0.2, 0.25) is 0 Å². The van der Waals surface area contributed by atoms with Gasteiger partial charge in [0.25, 0.3) is 5.69 Å². The Morgan fingerprint density at radius 1 is 0.972 bits per heavy atom. The Kier molecular flexibility index (Phi) is 7.63. The maximum absolute atomic E-state index is 13.3. The smallest absolute Gasteiger partial charge is 0.336 e. The second kappa shape index (κ2) is 11.0. The molecule has 0 aliphatic carbocycles. The summed E-state index contributed by atoms with van der Waals surface area (Å²) in [5, 5.41) is 16.5. The minimum Gasteiger partial charge on any atom is -0.465 e. The van der Waals surface area contributed by atoms with Crippen molar-refractivity contribution in [2.24, 2.45) is 5.92 Å². The lowest BCUT2D eigenvalue weighted by atomic mass is 9.76. The summed E-state index contributed by atoms with van der Waals surface area (Å²) in [6, 6.07) is 20.1. The fourth-order valence-corrected chi connectivity index (χ4v) is 4.65. The molecule has 0 bridgehead atoms. The molecule has 0 aromatic heterocycles. The summed E-state index contributed by atoms with van der Waals surface area (Å²) in [5.41, 5.74) is 2.44. The molecule has 186 valence electrons. The zero-order chi connectivity index (χ0) is 25.7. The van der Waals surface area contributed by atoms with Crippen molar-refractivity contribution < 1.29 is 24.0 Å². The minimum absolute atomic E-state index is 0.0179. The molecule has 36 heavy (non-hydrogen) atoms. The molecule has 3 aromatic carbocycles. The number of hydrogen-bond donors (Lipinski definition) is 1. The number of non-ortho nitro benzene ring substituents is 1. The van der Waals surface area contributed by atoms with E-state index < -0.39 is 22.8 Å². The fraction of sp³-hybridized carbons (Fsp3) is 0.286. The maximum atomic E-state index is 13.3. The molecule has 2 atom stereocenters. The average molecular weight is 489 g/mol. The molecule has 0 fully saturated rings. The molecule has 0 unspecified atom stereocenters. The lowest BCUT2D eigenvalue weighted by Gasteiger charge is -2.34. The van der Waals surface area contributed by atoms with Crippen LogP contribution in [0.25, 0.3) is 10.8 Å². The lowest BCUT2D eigenvalue weighted by Crippen LogP contribution is -2.42. The molecular weight excluding hydrogens is 460 g/mol. The highest BCUT2D eigenvalue weighted by atomic mass is 16.6. The summed E-state index contributed by atoms with van der Waals surface area (Å²) in [5.74, 6) is -2.28. The van der Waals surface area contributed by atoms with Gasteiger partial charge in [-0.1, -0.05) is 54.6 Å². The molecule has 0 saturated heterocycles. The van der Waals surface area contributed by atoms with Crippen LogP contribution in [0.5, 0.6) is 0 Å². The molecule has 8 heteroatoms. The lowest BCUT2D eigenvalue weighted by molar-refractivity contribution is -0.384. The number of nitro groups is 1. The van der Waals surface area contributed by atoms with Gasteiger partial charge in [0.15, 0.2) is 0 Å². The second-order valence-electron chi connectivity index (χ2n) is 8.54. The van der Waals surface area contributed by atoms with Crippen molar-refractivity contribution in [1.29, 1.82) is 0 Å². The molecule has 1 aliphatic heterocycles. The van der Waals surface area contributed by atoms with E-state index in [1.807, 2.05) is 42.5 Å². The monoisotopic (exact) mass is 488 g/mol. The summed E-state index contributed by atoms with van der Waals surface area (Å²) in [4.78, 5) is 37.1. The molecule has 1 N–H and O–H groups in total. The first kappa shape index (κ1) is 24.9. The predicted octanol–water partition coefficient (Wildman–Crippen LogP) is 4.67. The number of nitrogens with zero attached hydrogens (tertiary/aromatic N) is 1. The number of rotatable bonds is 8. The molecule has 4 rings (SSSR count). The first-order valence-electron chi connectivity index (χ1n) is 12.0. The van der Waals surface area contributed by atoms with E-state index in [4.69, 9.17) is 9.47 Å². The predicted molar refractivity (Wildman–Crippen MR) is 135 cm³/mol. The van der Waals surface area contributed by atoms with Gasteiger partial charge >= 0.3 is 11.9 Å². The van der Waals surface area contributed by atoms with Crippen LogP contribution in [0.4, 0.5) is 5.69 Å². The Morgan fingerprint density at radius 3 is 2.33 bits per heavy atom. The van der Waals surface area contributed by atoms with E-state index in [1.165, 1.54) is 12.1 Å². The Labute approximate surface area is 209 Å². The van der Waals surface area contributed by atoms with Gasteiger partial charge in [-0.2, -0.15) is 0 Å². The highest BCUT2D eigenvalue weighted by Gasteiger charge is 2.42. The van der Waals surface area contributed by atoms with E-state index in [1.54, 1.807) is 26.0 Å². The number of ether oxygens (including phenoxy) is 2. The molecular formula is C28H28N2O6. The van der Waals surface area contributed by atoms with Crippen LogP contribution < -0.4 is 5.32 Å². The van der Waals surface area contributed by atoms with Crippen LogP contribution in [0.1, 0.15) is 30.9 Å². The molecule has 1 aliphatic rings. The number of allylic oxidation sites excluding steroid dienone is 1. The summed E-state index contributed by atoms with van der Waals surface area (Å²) >= 11 is 0. The third-order valence-electron chi connectivity index (χ3n) is 6.34. The van der Waals surface area contributed by atoms with E-state index >= 15 is 0 Å². The zero-order valence-corrected chi connectivity index (χ0v) is 20.2. The first-order chi connectivity index (χ1) is 17.4. The summed E-state index contributed by atoms with van der Waals surface area (Å²) in [7, 11) is 0. The van der Waals surface area contributed by atoms with Crippen LogP contribution in [0.15, 0.2) is 78.0 Å². The standard InChI is InChI=1S/C28H28N2O6/c1-3-35-27(31)25-23(21-12-11-19-7-5-6-8-20(19)16-21)17-29-24(26(25)28(32)36-4-2)15-18-9-13-22(14-10-18)30(33)34/h5-14,16,23,25,29H,3-4,15,17H2,1-2H3/t23-,25-/m0/s1. The number of nitrogens with one attached hydrogen (secondary N) is 1. The van der Waals surface area contributed by atoms with Gasteiger partial charge in [0.1, 0.15) is 0 Å². The normalized spacial score (nSPS) is 17.4. The van der Waals surface area contributed by atoms with Crippen LogP contribution in [-0.2, 0) is 25.5 Å². The minimum atomic E-state index is -0.862. The Morgan fingerprint density at radius 2 is 1.67 bits per heavy atom. The summed E-state index contributed by atoms with van der Waals surface area (Å²) in [6.45, 7) is 4.19. The van der Waals surface area contributed by atoms with Crippen molar-refractivity contribution in [3.05, 3.63) is 99.2 Å². The van der Waals surface area contributed by atoms with Gasteiger partial charge in [-0.3, -0.25) is 14.9 Å². The largest absolute Gasteiger partial charge is 0.465 e. The van der Waals surface area contributed by atoms with Crippen LogP contribution in [-0.4, -0.2) is 36.6 Å². The third-order valence-corrected chi connectivity index (χ3v) is 6.34. The van der Waals surface area contributed by atoms with E-state index in [9.17, 15) is 19.7 Å². The highest BCUT2D eigenvalue weighted by molar-refractivity contribution is 5.97.